The molecule has 2 aliphatic rings. The molecule has 0 amide bonds. The van der Waals surface area contributed by atoms with Crippen LogP contribution in [0, 0.1) is 0 Å². The van der Waals surface area contributed by atoms with E-state index in [1.165, 1.54) is 32.2 Å². The van der Waals surface area contributed by atoms with Crippen LogP contribution in [-0.4, -0.2) is 49.3 Å². The van der Waals surface area contributed by atoms with E-state index in [1.54, 1.807) is 0 Å². The van der Waals surface area contributed by atoms with E-state index in [0.717, 1.165) is 31.8 Å². The first-order valence-electron chi connectivity index (χ1n) is 6.84. The Labute approximate surface area is 99.5 Å². The Kier molecular flexibility index (Phi) is 4.62. The van der Waals surface area contributed by atoms with E-state index in [-0.39, 0.29) is 0 Å². The molecule has 3 heteroatoms. The second-order valence-electron chi connectivity index (χ2n) is 5.38. The monoisotopic (exact) mass is 226 g/mol. The minimum absolute atomic E-state index is 0.579. The van der Waals surface area contributed by atoms with Crippen LogP contribution in [0.4, 0.5) is 0 Å². The Morgan fingerprint density at radius 2 is 2.00 bits per heavy atom. The Morgan fingerprint density at radius 1 is 1.25 bits per heavy atom. The molecule has 1 N–H and O–H groups in total. The Morgan fingerprint density at radius 3 is 2.62 bits per heavy atom. The smallest absolute Gasteiger partial charge is 0.0620 e. The number of hydrogen-bond donors (Lipinski definition) is 1. The quantitative estimate of drug-likeness (QED) is 0.791. The molecule has 2 rings (SSSR count). The van der Waals surface area contributed by atoms with Gasteiger partial charge in [0, 0.05) is 31.2 Å². The number of nitrogens with one attached hydrogen (secondary N) is 1. The van der Waals surface area contributed by atoms with Crippen molar-refractivity contribution in [3.05, 3.63) is 0 Å². The second-order valence-corrected chi connectivity index (χ2v) is 5.38. The van der Waals surface area contributed by atoms with E-state index < -0.39 is 0 Å². The standard InChI is InChI=1S/C13H26N2O/c1-11-4-3-5-12(2)15(11)8-6-13-10-16-9-7-14-13/h11-14H,3-10H2,1-2H3. The summed E-state index contributed by atoms with van der Waals surface area (Å²) in [5.74, 6) is 0. The molecule has 3 nitrogen and oxygen atoms in total. The summed E-state index contributed by atoms with van der Waals surface area (Å²) < 4.78 is 5.49. The molecule has 3 atom stereocenters. The molecule has 0 aliphatic carbocycles. The molecule has 0 aromatic rings. The van der Waals surface area contributed by atoms with Crippen LogP contribution in [0.25, 0.3) is 0 Å². The first kappa shape index (κ1) is 12.3. The maximum Gasteiger partial charge on any atom is 0.0620 e. The van der Waals surface area contributed by atoms with Crippen molar-refractivity contribution in [3.63, 3.8) is 0 Å². The summed E-state index contributed by atoms with van der Waals surface area (Å²) >= 11 is 0. The molecule has 2 saturated heterocycles. The molecule has 2 fully saturated rings. The average molecular weight is 226 g/mol. The number of hydrogen-bond acceptors (Lipinski definition) is 3. The molecule has 0 aromatic heterocycles. The van der Waals surface area contributed by atoms with Crippen LogP contribution in [-0.2, 0) is 4.74 Å². The van der Waals surface area contributed by atoms with Crippen molar-refractivity contribution >= 4 is 0 Å². The number of morpholine rings is 1. The Bertz CT molecular complexity index is 194. The van der Waals surface area contributed by atoms with E-state index in [2.05, 4.69) is 24.1 Å². The second kappa shape index (κ2) is 5.99. The van der Waals surface area contributed by atoms with Crippen molar-refractivity contribution in [2.45, 2.75) is 57.7 Å². The third-order valence-electron chi connectivity index (χ3n) is 4.11. The minimum Gasteiger partial charge on any atom is -0.379 e. The van der Waals surface area contributed by atoms with Crippen molar-refractivity contribution in [2.75, 3.05) is 26.3 Å². The first-order chi connectivity index (χ1) is 7.77. The molecule has 94 valence electrons. The van der Waals surface area contributed by atoms with E-state index in [4.69, 9.17) is 4.74 Å². The van der Waals surface area contributed by atoms with Gasteiger partial charge in [0.2, 0.25) is 0 Å². The summed E-state index contributed by atoms with van der Waals surface area (Å²) in [4.78, 5) is 2.68. The van der Waals surface area contributed by atoms with Gasteiger partial charge in [0.1, 0.15) is 0 Å². The van der Waals surface area contributed by atoms with Gasteiger partial charge in [-0.2, -0.15) is 0 Å². The highest BCUT2D eigenvalue weighted by molar-refractivity contribution is 4.81. The summed E-state index contributed by atoms with van der Waals surface area (Å²) in [5.41, 5.74) is 0. The van der Waals surface area contributed by atoms with Crippen molar-refractivity contribution in [2.24, 2.45) is 0 Å². The molecule has 16 heavy (non-hydrogen) atoms. The third kappa shape index (κ3) is 3.19. The van der Waals surface area contributed by atoms with Crippen molar-refractivity contribution in [1.82, 2.24) is 10.2 Å². The van der Waals surface area contributed by atoms with Crippen molar-refractivity contribution in [1.29, 1.82) is 0 Å². The molecule has 2 heterocycles. The lowest BCUT2D eigenvalue weighted by Crippen LogP contribution is -2.48. The van der Waals surface area contributed by atoms with Gasteiger partial charge in [0.15, 0.2) is 0 Å². The van der Waals surface area contributed by atoms with E-state index >= 15 is 0 Å². The van der Waals surface area contributed by atoms with Crippen LogP contribution in [0.5, 0.6) is 0 Å². The number of nitrogens with zero attached hydrogens (tertiary/aromatic N) is 1. The molecule has 3 unspecified atom stereocenters. The maximum absolute atomic E-state index is 5.49. The third-order valence-corrected chi connectivity index (χ3v) is 4.11. The first-order valence-corrected chi connectivity index (χ1v) is 6.84. The van der Waals surface area contributed by atoms with Crippen molar-refractivity contribution < 1.29 is 4.74 Å². The predicted octanol–water partition coefficient (Wildman–Crippen LogP) is 1.63. The predicted molar refractivity (Wildman–Crippen MR) is 66.7 cm³/mol. The highest BCUT2D eigenvalue weighted by Gasteiger charge is 2.25. The highest BCUT2D eigenvalue weighted by Crippen LogP contribution is 2.22. The highest BCUT2D eigenvalue weighted by atomic mass is 16.5. The van der Waals surface area contributed by atoms with Crippen LogP contribution in [0.1, 0.15) is 39.5 Å². The molecular weight excluding hydrogens is 200 g/mol. The van der Waals surface area contributed by atoms with Gasteiger partial charge in [0.05, 0.1) is 13.2 Å². The fraction of sp³-hybridized carbons (Fsp3) is 1.00. The van der Waals surface area contributed by atoms with E-state index in [0.29, 0.717) is 6.04 Å². The van der Waals surface area contributed by atoms with Crippen LogP contribution < -0.4 is 5.32 Å². The SMILES string of the molecule is CC1CCCC(C)N1CCC1COCCN1. The topological polar surface area (TPSA) is 24.5 Å². The van der Waals surface area contributed by atoms with Crippen LogP contribution in [0.3, 0.4) is 0 Å². The summed E-state index contributed by atoms with van der Waals surface area (Å²) in [5, 5.41) is 3.54. The molecular formula is C13H26N2O. The maximum atomic E-state index is 5.49. The Balaban J connectivity index is 1.74. The number of piperidine rings is 1. The van der Waals surface area contributed by atoms with E-state index in [1.807, 2.05) is 0 Å². The zero-order valence-electron chi connectivity index (χ0n) is 10.7. The van der Waals surface area contributed by atoms with Crippen molar-refractivity contribution in [3.8, 4) is 0 Å². The largest absolute Gasteiger partial charge is 0.379 e. The minimum atomic E-state index is 0.579. The lowest BCUT2D eigenvalue weighted by atomic mass is 9.97. The summed E-state index contributed by atoms with van der Waals surface area (Å²) in [6.45, 7) is 8.78. The summed E-state index contributed by atoms with van der Waals surface area (Å²) in [6, 6.07) is 2.12. The van der Waals surface area contributed by atoms with Gasteiger partial charge in [-0.25, -0.2) is 0 Å². The fourth-order valence-electron chi connectivity index (χ4n) is 3.03. The zero-order valence-corrected chi connectivity index (χ0v) is 10.7. The normalized spacial score (nSPS) is 37.5. The molecule has 2 aliphatic heterocycles. The van der Waals surface area contributed by atoms with Gasteiger partial charge in [-0.1, -0.05) is 6.42 Å². The Hall–Kier alpha value is -0.120. The number of rotatable bonds is 3. The zero-order chi connectivity index (χ0) is 11.4. The lowest BCUT2D eigenvalue weighted by molar-refractivity contribution is 0.0556. The fourth-order valence-corrected chi connectivity index (χ4v) is 3.03. The molecule has 0 aromatic carbocycles. The van der Waals surface area contributed by atoms with Gasteiger partial charge >= 0.3 is 0 Å². The van der Waals surface area contributed by atoms with E-state index in [9.17, 15) is 0 Å². The molecule has 0 spiro atoms. The van der Waals surface area contributed by atoms with Gasteiger partial charge in [-0.05, 0) is 33.1 Å². The van der Waals surface area contributed by atoms with Gasteiger partial charge in [-0.15, -0.1) is 0 Å². The van der Waals surface area contributed by atoms with Gasteiger partial charge in [-0.3, -0.25) is 4.90 Å². The van der Waals surface area contributed by atoms with Crippen LogP contribution in [0.2, 0.25) is 0 Å². The number of likely N-dealkylation sites (tertiary alicyclic amines) is 1. The van der Waals surface area contributed by atoms with Gasteiger partial charge < -0.3 is 10.1 Å². The summed E-state index contributed by atoms with van der Waals surface area (Å²) in [7, 11) is 0. The summed E-state index contributed by atoms with van der Waals surface area (Å²) in [6.07, 6.45) is 5.39. The molecule has 0 saturated carbocycles. The molecule has 0 radical (unpaired) electrons. The van der Waals surface area contributed by atoms with Crippen LogP contribution >= 0.6 is 0 Å². The lowest BCUT2D eigenvalue weighted by Gasteiger charge is -2.40. The van der Waals surface area contributed by atoms with Gasteiger partial charge in [0.25, 0.3) is 0 Å². The molecule has 0 bridgehead atoms. The number of ether oxygens (including phenoxy) is 1. The average Bonchev–Trinajstić information content (AvgIpc) is 2.30. The van der Waals surface area contributed by atoms with Crippen LogP contribution in [0.15, 0.2) is 0 Å².